The van der Waals surface area contributed by atoms with E-state index in [-0.39, 0.29) is 55.2 Å². The van der Waals surface area contributed by atoms with Crippen LogP contribution in [0.25, 0.3) is 0 Å². The van der Waals surface area contributed by atoms with Crippen LogP contribution in [-0.2, 0) is 52.7 Å². The molecule has 0 fully saturated rings. The first-order chi connectivity index (χ1) is 29.1. The Morgan fingerprint density at radius 2 is 1.30 bits per heavy atom. The number of carbonyl (C=O) groups is 6. The van der Waals surface area contributed by atoms with Gasteiger partial charge in [0, 0.05) is 17.8 Å². The third-order valence-corrected chi connectivity index (χ3v) is 9.67. The lowest BCUT2D eigenvalue weighted by Crippen LogP contribution is -2.47. The highest BCUT2D eigenvalue weighted by Crippen LogP contribution is 2.37. The molecule has 0 aliphatic heterocycles. The smallest absolute Gasteiger partial charge is 0.414 e. The zero-order valence-electron chi connectivity index (χ0n) is 38.5. The Kier molecular flexibility index (Phi) is 16.3. The molecule has 0 bridgehead atoms. The van der Waals surface area contributed by atoms with Gasteiger partial charge in [-0.3, -0.25) is 25.0 Å². The second kappa shape index (κ2) is 20.6. The van der Waals surface area contributed by atoms with Gasteiger partial charge in [0.1, 0.15) is 34.7 Å². The minimum absolute atomic E-state index is 0.105. The fraction of sp³-hybridized carbons (Fsp3) is 0.511. The molecule has 1 heterocycles. The number of benzene rings is 2. The summed E-state index contributed by atoms with van der Waals surface area (Å²) >= 11 is 1.40. The highest BCUT2D eigenvalue weighted by molar-refractivity contribution is 7.10. The van der Waals surface area contributed by atoms with Crippen LogP contribution in [-0.4, -0.2) is 75.8 Å². The van der Waals surface area contributed by atoms with Crippen LogP contribution in [0.5, 0.6) is 5.75 Å². The van der Waals surface area contributed by atoms with Crippen molar-refractivity contribution in [3.8, 4) is 5.75 Å². The van der Waals surface area contributed by atoms with Crippen molar-refractivity contribution in [3.05, 3.63) is 81.0 Å². The summed E-state index contributed by atoms with van der Waals surface area (Å²) in [7, 11) is 0. The fourth-order valence-corrected chi connectivity index (χ4v) is 7.33. The predicted octanol–water partition coefficient (Wildman–Crippen LogP) is 9.07. The van der Waals surface area contributed by atoms with E-state index in [0.717, 1.165) is 40.8 Å². The molecule has 0 saturated heterocycles. The highest BCUT2D eigenvalue weighted by atomic mass is 32.1. The Morgan fingerprint density at radius 3 is 1.87 bits per heavy atom. The molecule has 3 amide bonds. The number of aryl methyl sites for hydroxylation is 1. The molecular weight excluding hydrogens is 829 g/mol. The van der Waals surface area contributed by atoms with Crippen molar-refractivity contribution in [2.45, 2.75) is 150 Å². The SMILES string of the molecule is CC(C)(C)OC(=O)Cc1cc(CN(CC(=O)OC(C)(C)C)C(=O)CC2CCCc3cc(OC(=O)c4ccc(N=C(NC(=O)OC(C)(C)C)NC(=O)OC(C)(C)C)cc4)ccc32)cs1. The zero-order valence-corrected chi connectivity index (χ0v) is 39.3. The molecule has 0 radical (unpaired) electrons. The van der Waals surface area contributed by atoms with E-state index in [2.05, 4.69) is 15.6 Å². The molecule has 4 rings (SSSR count). The molecule has 2 N–H and O–H groups in total. The number of aliphatic imine (C=N–C) groups is 1. The van der Waals surface area contributed by atoms with E-state index in [1.165, 1.54) is 40.5 Å². The van der Waals surface area contributed by atoms with Gasteiger partial charge in [0.15, 0.2) is 0 Å². The molecule has 1 unspecified atom stereocenters. The number of hydrogen-bond donors (Lipinski definition) is 2. The summed E-state index contributed by atoms with van der Waals surface area (Å²) in [5.41, 5.74) is 0.297. The van der Waals surface area contributed by atoms with Gasteiger partial charge in [-0.2, -0.15) is 0 Å². The molecule has 0 spiro atoms. The zero-order chi connectivity index (χ0) is 46.9. The average Bonchev–Trinajstić information content (AvgIpc) is 3.54. The van der Waals surface area contributed by atoms with E-state index in [0.29, 0.717) is 11.4 Å². The monoisotopic (exact) mass is 890 g/mol. The van der Waals surface area contributed by atoms with Crippen molar-refractivity contribution in [1.82, 2.24) is 15.5 Å². The largest absolute Gasteiger partial charge is 0.460 e. The maximum Gasteiger partial charge on any atom is 0.414 e. The summed E-state index contributed by atoms with van der Waals surface area (Å²) in [6.45, 7) is 20.9. The van der Waals surface area contributed by atoms with Crippen molar-refractivity contribution >= 4 is 59.0 Å². The number of nitrogens with one attached hydrogen (secondary N) is 2. The summed E-state index contributed by atoms with van der Waals surface area (Å²) in [6, 6.07) is 13.3. The predicted molar refractivity (Wildman–Crippen MR) is 239 cm³/mol. The molecule has 1 aromatic heterocycles. The number of thiophene rings is 1. The number of carbonyl (C=O) groups excluding carboxylic acids is 6. The van der Waals surface area contributed by atoms with Crippen molar-refractivity contribution in [1.29, 1.82) is 0 Å². The number of nitrogens with zero attached hydrogens (tertiary/aromatic N) is 2. The number of alkyl carbamates (subject to hydrolysis) is 2. The summed E-state index contributed by atoms with van der Waals surface area (Å²) in [5, 5.41) is 6.72. The topological polar surface area (TPSA) is 188 Å². The lowest BCUT2D eigenvalue weighted by molar-refractivity contribution is -0.159. The number of hydrogen-bond acceptors (Lipinski definition) is 13. The highest BCUT2D eigenvalue weighted by Gasteiger charge is 2.29. The number of amides is 3. The van der Waals surface area contributed by atoms with Crippen LogP contribution < -0.4 is 15.4 Å². The lowest BCUT2D eigenvalue weighted by Gasteiger charge is -2.29. The van der Waals surface area contributed by atoms with E-state index >= 15 is 0 Å². The minimum atomic E-state index is -0.845. The van der Waals surface area contributed by atoms with Gasteiger partial charge < -0.3 is 28.6 Å². The van der Waals surface area contributed by atoms with Crippen molar-refractivity contribution in [2.75, 3.05) is 6.54 Å². The van der Waals surface area contributed by atoms with E-state index in [1.807, 2.05) is 44.4 Å². The van der Waals surface area contributed by atoms with Crippen molar-refractivity contribution < 1.29 is 52.5 Å². The summed E-state index contributed by atoms with van der Waals surface area (Å²) in [4.78, 5) is 84.4. The van der Waals surface area contributed by atoms with Crippen LogP contribution in [0.4, 0.5) is 15.3 Å². The van der Waals surface area contributed by atoms with E-state index in [9.17, 15) is 28.8 Å². The van der Waals surface area contributed by atoms with Crippen LogP contribution in [0.1, 0.15) is 140 Å². The number of ether oxygens (including phenoxy) is 5. The fourth-order valence-electron chi connectivity index (χ4n) is 6.47. The first-order valence-electron chi connectivity index (χ1n) is 20.9. The molecule has 15 nitrogen and oxygen atoms in total. The molecule has 1 aliphatic carbocycles. The molecule has 16 heteroatoms. The minimum Gasteiger partial charge on any atom is -0.460 e. The van der Waals surface area contributed by atoms with Crippen molar-refractivity contribution in [2.24, 2.45) is 4.99 Å². The van der Waals surface area contributed by atoms with Gasteiger partial charge in [0.05, 0.1) is 17.7 Å². The van der Waals surface area contributed by atoms with Crippen LogP contribution in [0.15, 0.2) is 58.9 Å². The molecular formula is C47H62N4O11S. The van der Waals surface area contributed by atoms with Gasteiger partial charge in [0.25, 0.3) is 0 Å². The third-order valence-electron chi connectivity index (χ3n) is 8.68. The van der Waals surface area contributed by atoms with Crippen molar-refractivity contribution in [3.63, 3.8) is 0 Å². The maximum absolute atomic E-state index is 14.0. The second-order valence-corrected chi connectivity index (χ2v) is 20.3. The molecule has 2 aromatic carbocycles. The van der Waals surface area contributed by atoms with E-state index in [1.54, 1.807) is 68.4 Å². The average molecular weight is 891 g/mol. The van der Waals surface area contributed by atoms with E-state index in [4.69, 9.17) is 23.7 Å². The normalized spacial score (nSPS) is 14.0. The Bertz CT molecular complexity index is 2140. The standard InChI is InChI=1S/C47H62N4O11S/c1-44(2,3)59-38(53)25-35-22-29(28-63-35)26-51(27-39(54)60-45(4,5)6)37(52)24-32-15-13-14-31-23-34(20-21-36(31)32)58-40(55)30-16-18-33(19-17-30)48-41(49-42(56)61-46(7,8)9)50-43(57)62-47(10,11)12/h16-23,28,32H,13-15,24-27H2,1-12H3,(H2,48,49,50,56,57). The Balaban J connectivity index is 1.45. The molecule has 1 atom stereocenters. The first kappa shape index (κ1) is 49.9. The number of rotatable bonds is 11. The van der Waals surface area contributed by atoms with Crippen LogP contribution in [0.3, 0.4) is 0 Å². The Labute approximate surface area is 374 Å². The Morgan fingerprint density at radius 1 is 0.730 bits per heavy atom. The molecule has 63 heavy (non-hydrogen) atoms. The van der Waals surface area contributed by atoms with Crippen LogP contribution >= 0.6 is 11.3 Å². The number of fused-ring (bicyclic) bond motifs is 1. The van der Waals surface area contributed by atoms with Gasteiger partial charge in [-0.15, -0.1) is 11.3 Å². The number of esters is 3. The van der Waals surface area contributed by atoms with Crippen LogP contribution in [0.2, 0.25) is 0 Å². The second-order valence-electron chi connectivity index (χ2n) is 19.3. The maximum atomic E-state index is 14.0. The summed E-state index contributed by atoms with van der Waals surface area (Å²) in [6.07, 6.45) is 0.863. The van der Waals surface area contributed by atoms with Gasteiger partial charge in [0.2, 0.25) is 11.9 Å². The quantitative estimate of drug-likeness (QED) is 0.0615. The van der Waals surface area contributed by atoms with Gasteiger partial charge in [-0.05, 0) is 173 Å². The molecule has 342 valence electrons. The number of guanidine groups is 1. The lowest BCUT2D eigenvalue weighted by atomic mass is 9.80. The van der Waals surface area contributed by atoms with E-state index < -0.39 is 46.5 Å². The third kappa shape index (κ3) is 17.9. The van der Waals surface area contributed by atoms with Gasteiger partial charge in [-0.1, -0.05) is 6.07 Å². The van der Waals surface area contributed by atoms with Crippen LogP contribution in [0, 0.1) is 0 Å². The Hall–Kier alpha value is -5.77. The molecule has 0 saturated carbocycles. The molecule has 1 aliphatic rings. The van der Waals surface area contributed by atoms with Gasteiger partial charge in [-0.25, -0.2) is 19.4 Å². The summed E-state index contributed by atoms with van der Waals surface area (Å²) < 4.78 is 27.4. The summed E-state index contributed by atoms with van der Waals surface area (Å²) in [5.74, 6) is -1.73. The first-order valence-corrected chi connectivity index (χ1v) is 21.8. The molecule has 3 aromatic rings. The van der Waals surface area contributed by atoms with Gasteiger partial charge >= 0.3 is 30.1 Å².